The molecule has 0 aromatic heterocycles. The van der Waals surface area contributed by atoms with Crippen molar-refractivity contribution in [3.63, 3.8) is 0 Å². The highest BCUT2D eigenvalue weighted by molar-refractivity contribution is 6.33. The Balaban J connectivity index is 2.33. The summed E-state index contributed by atoms with van der Waals surface area (Å²) in [5.41, 5.74) is 1.20. The van der Waals surface area contributed by atoms with Crippen molar-refractivity contribution in [3.8, 4) is 0 Å². The standard InChI is InChI=1S/C14H18ClNO2/c1-3-10-5-4-9(2)16(10)11-6-7-12(14(17)18)13(15)8-11/h6-10H,3-5H2,1-2H3,(H,17,18). The first-order valence-electron chi connectivity index (χ1n) is 6.35. The van der Waals surface area contributed by atoms with Crippen LogP contribution in [0, 0.1) is 0 Å². The van der Waals surface area contributed by atoms with Crippen molar-refractivity contribution in [2.24, 2.45) is 0 Å². The highest BCUT2D eigenvalue weighted by Crippen LogP contribution is 2.34. The monoisotopic (exact) mass is 267 g/mol. The lowest BCUT2D eigenvalue weighted by Gasteiger charge is -2.30. The number of rotatable bonds is 3. The maximum Gasteiger partial charge on any atom is 0.337 e. The predicted octanol–water partition coefficient (Wildman–Crippen LogP) is 3.81. The lowest BCUT2D eigenvalue weighted by molar-refractivity contribution is 0.0697. The van der Waals surface area contributed by atoms with Crippen molar-refractivity contribution >= 4 is 23.3 Å². The van der Waals surface area contributed by atoms with Gasteiger partial charge in [0.05, 0.1) is 10.6 Å². The third-order valence-corrected chi connectivity index (χ3v) is 4.05. The number of hydrogen-bond donors (Lipinski definition) is 1. The zero-order chi connectivity index (χ0) is 13.3. The lowest BCUT2D eigenvalue weighted by Crippen LogP contribution is -2.34. The van der Waals surface area contributed by atoms with Gasteiger partial charge in [-0.3, -0.25) is 0 Å². The Kier molecular flexibility index (Phi) is 3.81. The fourth-order valence-electron chi connectivity index (χ4n) is 2.78. The fraction of sp³-hybridized carbons (Fsp3) is 0.500. The van der Waals surface area contributed by atoms with Crippen LogP contribution in [0.2, 0.25) is 5.02 Å². The smallest absolute Gasteiger partial charge is 0.337 e. The maximum atomic E-state index is 10.9. The number of halogens is 1. The summed E-state index contributed by atoms with van der Waals surface area (Å²) in [6, 6.07) is 6.25. The van der Waals surface area contributed by atoms with E-state index >= 15 is 0 Å². The normalized spacial score (nSPS) is 23.4. The van der Waals surface area contributed by atoms with Crippen LogP contribution in [0.15, 0.2) is 18.2 Å². The molecule has 0 spiro atoms. The quantitative estimate of drug-likeness (QED) is 0.905. The van der Waals surface area contributed by atoms with Crippen LogP contribution in [0.4, 0.5) is 5.69 Å². The fourth-order valence-corrected chi connectivity index (χ4v) is 3.03. The van der Waals surface area contributed by atoms with Gasteiger partial charge in [0.15, 0.2) is 0 Å². The summed E-state index contributed by atoms with van der Waals surface area (Å²) < 4.78 is 0. The van der Waals surface area contributed by atoms with Crippen LogP contribution in [-0.2, 0) is 0 Å². The van der Waals surface area contributed by atoms with E-state index in [0.717, 1.165) is 12.1 Å². The minimum atomic E-state index is -0.979. The van der Waals surface area contributed by atoms with E-state index in [-0.39, 0.29) is 5.56 Å². The number of nitrogens with zero attached hydrogens (tertiary/aromatic N) is 1. The molecule has 0 amide bonds. The Hall–Kier alpha value is -1.22. The van der Waals surface area contributed by atoms with Gasteiger partial charge in [0.25, 0.3) is 0 Å². The molecular formula is C14H18ClNO2. The molecular weight excluding hydrogens is 250 g/mol. The first-order valence-corrected chi connectivity index (χ1v) is 6.73. The molecule has 1 aliphatic heterocycles. The van der Waals surface area contributed by atoms with Crippen LogP contribution in [0.25, 0.3) is 0 Å². The summed E-state index contributed by atoms with van der Waals surface area (Å²) in [6.45, 7) is 4.39. The Morgan fingerprint density at radius 2 is 2.22 bits per heavy atom. The highest BCUT2D eigenvalue weighted by Gasteiger charge is 2.29. The van der Waals surface area contributed by atoms with E-state index in [1.54, 1.807) is 12.1 Å². The number of anilines is 1. The minimum absolute atomic E-state index is 0.167. The van der Waals surface area contributed by atoms with Gasteiger partial charge in [-0.25, -0.2) is 4.79 Å². The van der Waals surface area contributed by atoms with E-state index < -0.39 is 5.97 Å². The second kappa shape index (κ2) is 5.19. The average Bonchev–Trinajstić information content (AvgIpc) is 2.69. The summed E-state index contributed by atoms with van der Waals surface area (Å²) >= 11 is 6.03. The van der Waals surface area contributed by atoms with Crippen LogP contribution < -0.4 is 4.90 Å². The number of carboxylic acids is 1. The van der Waals surface area contributed by atoms with E-state index in [9.17, 15) is 4.79 Å². The van der Waals surface area contributed by atoms with Gasteiger partial charge in [-0.2, -0.15) is 0 Å². The van der Waals surface area contributed by atoms with Crippen LogP contribution in [0.1, 0.15) is 43.5 Å². The molecule has 1 aromatic rings. The molecule has 2 atom stereocenters. The molecule has 2 rings (SSSR count). The Morgan fingerprint density at radius 1 is 1.50 bits per heavy atom. The maximum absolute atomic E-state index is 10.9. The molecule has 18 heavy (non-hydrogen) atoms. The first-order chi connectivity index (χ1) is 8.54. The molecule has 0 aliphatic carbocycles. The Morgan fingerprint density at radius 3 is 2.78 bits per heavy atom. The van der Waals surface area contributed by atoms with Crippen LogP contribution in [0.5, 0.6) is 0 Å². The highest BCUT2D eigenvalue weighted by atomic mass is 35.5. The number of carbonyl (C=O) groups is 1. The molecule has 0 radical (unpaired) electrons. The molecule has 1 saturated heterocycles. The number of benzene rings is 1. The van der Waals surface area contributed by atoms with Crippen molar-refractivity contribution in [2.75, 3.05) is 4.90 Å². The van der Waals surface area contributed by atoms with Gasteiger partial charge < -0.3 is 10.0 Å². The van der Waals surface area contributed by atoms with Crippen LogP contribution in [-0.4, -0.2) is 23.2 Å². The number of hydrogen-bond acceptors (Lipinski definition) is 2. The van der Waals surface area contributed by atoms with E-state index in [4.69, 9.17) is 16.7 Å². The molecule has 0 saturated carbocycles. The topological polar surface area (TPSA) is 40.5 Å². The first kappa shape index (κ1) is 13.2. The molecule has 98 valence electrons. The molecule has 0 bridgehead atoms. The largest absolute Gasteiger partial charge is 0.478 e. The van der Waals surface area contributed by atoms with Crippen molar-refractivity contribution in [1.29, 1.82) is 0 Å². The van der Waals surface area contributed by atoms with Crippen molar-refractivity contribution < 1.29 is 9.90 Å². The van der Waals surface area contributed by atoms with Crippen molar-refractivity contribution in [2.45, 2.75) is 45.2 Å². The van der Waals surface area contributed by atoms with Gasteiger partial charge in [0, 0.05) is 17.8 Å². The Bertz CT molecular complexity index is 461. The van der Waals surface area contributed by atoms with E-state index in [1.165, 1.54) is 12.8 Å². The molecule has 2 unspecified atom stereocenters. The van der Waals surface area contributed by atoms with E-state index in [0.29, 0.717) is 17.1 Å². The zero-order valence-corrected chi connectivity index (χ0v) is 11.4. The third kappa shape index (κ3) is 2.32. The van der Waals surface area contributed by atoms with Crippen LogP contribution >= 0.6 is 11.6 Å². The Labute approximate surface area is 112 Å². The number of carboxylic acid groups (broad SMARTS) is 1. The predicted molar refractivity (Wildman–Crippen MR) is 73.7 cm³/mol. The summed E-state index contributed by atoms with van der Waals surface area (Å²) in [4.78, 5) is 13.3. The van der Waals surface area contributed by atoms with Gasteiger partial charge >= 0.3 is 5.97 Å². The SMILES string of the molecule is CCC1CCC(C)N1c1ccc(C(=O)O)c(Cl)c1. The summed E-state index contributed by atoms with van der Waals surface area (Å²) in [7, 11) is 0. The van der Waals surface area contributed by atoms with Crippen molar-refractivity contribution in [1.82, 2.24) is 0 Å². The minimum Gasteiger partial charge on any atom is -0.478 e. The third-order valence-electron chi connectivity index (χ3n) is 3.74. The molecule has 4 heteroatoms. The molecule has 1 aliphatic rings. The number of aromatic carboxylic acids is 1. The van der Waals surface area contributed by atoms with Gasteiger partial charge in [0.2, 0.25) is 0 Å². The summed E-state index contributed by atoms with van der Waals surface area (Å²) in [5, 5.41) is 9.29. The van der Waals surface area contributed by atoms with Gasteiger partial charge in [-0.05, 0) is 44.4 Å². The molecule has 1 heterocycles. The zero-order valence-electron chi connectivity index (χ0n) is 10.7. The summed E-state index contributed by atoms with van der Waals surface area (Å²) in [6.07, 6.45) is 3.47. The molecule has 1 fully saturated rings. The lowest BCUT2D eigenvalue weighted by atomic mass is 10.1. The molecule has 1 aromatic carbocycles. The van der Waals surface area contributed by atoms with Gasteiger partial charge in [-0.1, -0.05) is 18.5 Å². The summed E-state index contributed by atoms with van der Waals surface area (Å²) in [5.74, 6) is -0.979. The van der Waals surface area contributed by atoms with Gasteiger partial charge in [-0.15, -0.1) is 0 Å². The molecule has 3 nitrogen and oxygen atoms in total. The second-order valence-electron chi connectivity index (χ2n) is 4.87. The second-order valence-corrected chi connectivity index (χ2v) is 5.27. The van der Waals surface area contributed by atoms with Crippen LogP contribution in [0.3, 0.4) is 0 Å². The van der Waals surface area contributed by atoms with Crippen molar-refractivity contribution in [3.05, 3.63) is 28.8 Å². The average molecular weight is 268 g/mol. The van der Waals surface area contributed by atoms with Gasteiger partial charge in [0.1, 0.15) is 0 Å². The van der Waals surface area contributed by atoms with E-state index in [2.05, 4.69) is 18.7 Å². The van der Waals surface area contributed by atoms with E-state index in [1.807, 2.05) is 6.07 Å². The molecule has 1 N–H and O–H groups in total.